The Morgan fingerprint density at radius 2 is 2.27 bits per heavy atom. The summed E-state index contributed by atoms with van der Waals surface area (Å²) < 4.78 is 0. The standard InChI is InChI=1S/C10H10S/c1-8-2-3-9-4-5-11-7-10(9)6-8/h2-6H,7H2,1H3. The highest BCUT2D eigenvalue weighted by molar-refractivity contribution is 8.01. The first-order valence-electron chi connectivity index (χ1n) is 3.74. The molecule has 1 aromatic rings. The molecule has 0 spiro atoms. The fourth-order valence-electron chi connectivity index (χ4n) is 1.28. The summed E-state index contributed by atoms with van der Waals surface area (Å²) in [5.74, 6) is 1.13. The monoisotopic (exact) mass is 162 g/mol. The van der Waals surface area contributed by atoms with Crippen molar-refractivity contribution < 1.29 is 0 Å². The predicted molar refractivity (Wildman–Crippen MR) is 51.5 cm³/mol. The molecule has 0 aliphatic carbocycles. The van der Waals surface area contributed by atoms with Crippen LogP contribution in [0.1, 0.15) is 16.7 Å². The van der Waals surface area contributed by atoms with Crippen molar-refractivity contribution in [3.8, 4) is 0 Å². The maximum Gasteiger partial charge on any atom is 0.0232 e. The molecule has 0 aromatic heterocycles. The van der Waals surface area contributed by atoms with E-state index in [9.17, 15) is 0 Å². The minimum absolute atomic E-state index is 1.13. The van der Waals surface area contributed by atoms with Crippen molar-refractivity contribution in [3.05, 3.63) is 40.3 Å². The Labute approximate surface area is 71.3 Å². The third kappa shape index (κ3) is 1.33. The lowest BCUT2D eigenvalue weighted by Crippen LogP contribution is -1.89. The summed E-state index contributed by atoms with van der Waals surface area (Å²) in [6, 6.07) is 6.63. The first kappa shape index (κ1) is 6.99. The molecule has 0 saturated carbocycles. The Morgan fingerprint density at radius 3 is 3.18 bits per heavy atom. The minimum Gasteiger partial charge on any atom is -0.129 e. The maximum atomic E-state index is 2.27. The lowest BCUT2D eigenvalue weighted by atomic mass is 10.1. The Balaban J connectivity index is 2.53. The van der Waals surface area contributed by atoms with Crippen molar-refractivity contribution in [1.82, 2.24) is 0 Å². The van der Waals surface area contributed by atoms with Gasteiger partial charge in [0, 0.05) is 5.75 Å². The van der Waals surface area contributed by atoms with Gasteiger partial charge in [0.25, 0.3) is 0 Å². The zero-order valence-electron chi connectivity index (χ0n) is 6.50. The van der Waals surface area contributed by atoms with Crippen LogP contribution < -0.4 is 0 Å². The Bertz CT molecular complexity index is 300. The number of hydrogen-bond donors (Lipinski definition) is 0. The van der Waals surface area contributed by atoms with Crippen molar-refractivity contribution in [2.24, 2.45) is 0 Å². The fourth-order valence-corrected chi connectivity index (χ4v) is 2.05. The van der Waals surface area contributed by atoms with Crippen LogP contribution in [-0.2, 0) is 5.75 Å². The van der Waals surface area contributed by atoms with Gasteiger partial charge in [-0.3, -0.25) is 0 Å². The molecule has 0 N–H and O–H groups in total. The van der Waals surface area contributed by atoms with Crippen LogP contribution in [0.15, 0.2) is 23.6 Å². The van der Waals surface area contributed by atoms with Crippen LogP contribution in [0.4, 0.5) is 0 Å². The summed E-state index contributed by atoms with van der Waals surface area (Å²) in [7, 11) is 0. The summed E-state index contributed by atoms with van der Waals surface area (Å²) in [6.45, 7) is 2.14. The van der Waals surface area contributed by atoms with Gasteiger partial charge in [-0.1, -0.05) is 23.8 Å². The summed E-state index contributed by atoms with van der Waals surface area (Å²) in [4.78, 5) is 0. The van der Waals surface area contributed by atoms with Gasteiger partial charge in [0.15, 0.2) is 0 Å². The maximum absolute atomic E-state index is 2.27. The number of thioether (sulfide) groups is 1. The van der Waals surface area contributed by atoms with Crippen LogP contribution in [0.3, 0.4) is 0 Å². The molecule has 1 aromatic carbocycles. The third-order valence-corrected chi connectivity index (χ3v) is 2.69. The highest BCUT2D eigenvalue weighted by atomic mass is 32.2. The van der Waals surface area contributed by atoms with Crippen LogP contribution in [0.25, 0.3) is 6.08 Å². The normalized spacial score (nSPS) is 14.6. The molecule has 0 atom stereocenters. The fraction of sp³-hybridized carbons (Fsp3) is 0.200. The third-order valence-electron chi connectivity index (χ3n) is 1.88. The molecular weight excluding hydrogens is 152 g/mol. The van der Waals surface area contributed by atoms with Gasteiger partial charge in [-0.15, -0.1) is 11.8 Å². The second kappa shape index (κ2) is 2.74. The number of fused-ring (bicyclic) bond motifs is 1. The van der Waals surface area contributed by atoms with E-state index in [1.807, 2.05) is 11.8 Å². The Morgan fingerprint density at radius 1 is 1.36 bits per heavy atom. The minimum atomic E-state index is 1.13. The van der Waals surface area contributed by atoms with Crippen LogP contribution in [0.5, 0.6) is 0 Å². The van der Waals surface area contributed by atoms with E-state index >= 15 is 0 Å². The quantitative estimate of drug-likeness (QED) is 0.564. The van der Waals surface area contributed by atoms with Crippen LogP contribution in [-0.4, -0.2) is 0 Å². The Kier molecular flexibility index (Phi) is 1.74. The highest BCUT2D eigenvalue weighted by Crippen LogP contribution is 2.25. The van der Waals surface area contributed by atoms with Crippen LogP contribution >= 0.6 is 11.8 Å². The molecule has 56 valence electrons. The lowest BCUT2D eigenvalue weighted by molar-refractivity contribution is 1.33. The summed E-state index contributed by atoms with van der Waals surface area (Å²) in [5, 5.41) is 2.16. The second-order valence-corrected chi connectivity index (χ2v) is 3.71. The molecule has 0 bridgehead atoms. The van der Waals surface area contributed by atoms with Gasteiger partial charge in [0.2, 0.25) is 0 Å². The van der Waals surface area contributed by atoms with E-state index in [0.717, 1.165) is 5.75 Å². The average molecular weight is 162 g/mol. The molecule has 1 aliphatic rings. The molecule has 0 nitrogen and oxygen atoms in total. The van der Waals surface area contributed by atoms with Gasteiger partial charge in [0.05, 0.1) is 0 Å². The molecule has 0 saturated heterocycles. The smallest absolute Gasteiger partial charge is 0.0232 e. The predicted octanol–water partition coefficient (Wildman–Crippen LogP) is 3.21. The first-order chi connectivity index (χ1) is 5.36. The Hall–Kier alpha value is -0.690. The summed E-state index contributed by atoms with van der Waals surface area (Å²) >= 11 is 1.87. The van der Waals surface area contributed by atoms with Crippen molar-refractivity contribution in [2.75, 3.05) is 0 Å². The van der Waals surface area contributed by atoms with Gasteiger partial charge in [-0.05, 0) is 29.5 Å². The molecule has 0 unspecified atom stereocenters. The van der Waals surface area contributed by atoms with Gasteiger partial charge in [-0.25, -0.2) is 0 Å². The van der Waals surface area contributed by atoms with Gasteiger partial charge >= 0.3 is 0 Å². The van der Waals surface area contributed by atoms with E-state index in [4.69, 9.17) is 0 Å². The van der Waals surface area contributed by atoms with E-state index in [-0.39, 0.29) is 0 Å². The van der Waals surface area contributed by atoms with Crippen molar-refractivity contribution in [2.45, 2.75) is 12.7 Å². The number of hydrogen-bond acceptors (Lipinski definition) is 1. The number of benzene rings is 1. The van der Waals surface area contributed by atoms with Crippen LogP contribution in [0, 0.1) is 6.92 Å². The van der Waals surface area contributed by atoms with Crippen LogP contribution in [0.2, 0.25) is 0 Å². The molecule has 0 fully saturated rings. The van der Waals surface area contributed by atoms with E-state index in [1.54, 1.807) is 0 Å². The average Bonchev–Trinajstić information content (AvgIpc) is 2.04. The van der Waals surface area contributed by atoms with Gasteiger partial charge < -0.3 is 0 Å². The molecule has 0 amide bonds. The largest absolute Gasteiger partial charge is 0.129 e. The molecule has 1 heteroatoms. The zero-order valence-corrected chi connectivity index (χ0v) is 7.32. The molecule has 2 rings (SSSR count). The SMILES string of the molecule is Cc1ccc2c(c1)CSC=C2. The summed E-state index contributed by atoms with van der Waals surface area (Å²) in [5.41, 5.74) is 4.21. The topological polar surface area (TPSA) is 0 Å². The van der Waals surface area contributed by atoms with E-state index in [2.05, 4.69) is 36.6 Å². The molecule has 11 heavy (non-hydrogen) atoms. The highest BCUT2D eigenvalue weighted by Gasteiger charge is 2.02. The van der Waals surface area contributed by atoms with E-state index in [0.29, 0.717) is 0 Å². The van der Waals surface area contributed by atoms with Crippen molar-refractivity contribution in [3.63, 3.8) is 0 Å². The van der Waals surface area contributed by atoms with Crippen molar-refractivity contribution in [1.29, 1.82) is 0 Å². The zero-order chi connectivity index (χ0) is 7.68. The number of rotatable bonds is 0. The summed E-state index contributed by atoms with van der Waals surface area (Å²) in [6.07, 6.45) is 2.18. The van der Waals surface area contributed by atoms with Crippen molar-refractivity contribution >= 4 is 17.8 Å². The number of aryl methyl sites for hydroxylation is 1. The van der Waals surface area contributed by atoms with E-state index < -0.39 is 0 Å². The van der Waals surface area contributed by atoms with Gasteiger partial charge in [-0.2, -0.15) is 0 Å². The molecule has 1 heterocycles. The molecule has 0 radical (unpaired) electrons. The first-order valence-corrected chi connectivity index (χ1v) is 4.79. The van der Waals surface area contributed by atoms with Gasteiger partial charge in [0.1, 0.15) is 0 Å². The molecular formula is C10H10S. The van der Waals surface area contributed by atoms with E-state index in [1.165, 1.54) is 16.7 Å². The lowest BCUT2D eigenvalue weighted by Gasteiger charge is -2.09. The second-order valence-electron chi connectivity index (χ2n) is 2.82. The molecule has 1 aliphatic heterocycles.